The fourth-order valence-corrected chi connectivity index (χ4v) is 2.23. The molecule has 0 saturated carbocycles. The van der Waals surface area contributed by atoms with Crippen molar-refractivity contribution in [2.24, 2.45) is 0 Å². The lowest BCUT2D eigenvalue weighted by Gasteiger charge is -2.17. The average molecular weight is 304 g/mol. The van der Waals surface area contributed by atoms with Gasteiger partial charge in [-0.25, -0.2) is 0 Å². The first-order chi connectivity index (χ1) is 9.11. The molecule has 1 aromatic rings. The normalized spacial score (nSPS) is 14.1. The molecule has 0 radical (unpaired) electrons. The Morgan fingerprint density at radius 3 is 2.68 bits per heavy atom. The van der Waals surface area contributed by atoms with Gasteiger partial charge in [0, 0.05) is 17.6 Å². The van der Waals surface area contributed by atoms with E-state index in [4.69, 9.17) is 16.3 Å². The molecule has 5 heteroatoms. The van der Waals surface area contributed by atoms with Crippen molar-refractivity contribution in [2.75, 3.05) is 25.2 Å². The van der Waals surface area contributed by atoms with Crippen molar-refractivity contribution in [1.29, 1.82) is 0 Å². The molecule has 1 rings (SSSR count). The summed E-state index contributed by atoms with van der Waals surface area (Å²) in [4.78, 5) is 0. The highest BCUT2D eigenvalue weighted by Crippen LogP contribution is 2.15. The monoisotopic (exact) mass is 303 g/mol. The zero-order chi connectivity index (χ0) is 14.1. The second-order valence-electron chi connectivity index (χ2n) is 4.51. The maximum absolute atomic E-state index is 9.82. The number of thioether (sulfide) groups is 1. The molecule has 0 aliphatic rings. The Balaban J connectivity index is 2.17. The zero-order valence-electron chi connectivity index (χ0n) is 11.4. The minimum atomic E-state index is -0.507. The number of hydrogen-bond acceptors (Lipinski definition) is 4. The number of halogens is 1. The summed E-state index contributed by atoms with van der Waals surface area (Å²) in [5, 5.41) is 13.8. The van der Waals surface area contributed by atoms with E-state index in [1.807, 2.05) is 11.8 Å². The second kappa shape index (κ2) is 9.48. The number of nitrogens with one attached hydrogen (secondary N) is 1. The van der Waals surface area contributed by atoms with Crippen molar-refractivity contribution in [1.82, 2.24) is 5.32 Å². The van der Waals surface area contributed by atoms with E-state index in [0.717, 1.165) is 17.9 Å². The van der Waals surface area contributed by atoms with Crippen LogP contribution >= 0.6 is 23.4 Å². The molecule has 0 aromatic heterocycles. The molecule has 0 saturated heterocycles. The first-order valence-corrected chi connectivity index (χ1v) is 8.17. The van der Waals surface area contributed by atoms with Crippen LogP contribution in [0.25, 0.3) is 0 Å². The van der Waals surface area contributed by atoms with Crippen LogP contribution in [0.3, 0.4) is 0 Å². The van der Waals surface area contributed by atoms with Crippen LogP contribution in [-0.2, 0) is 0 Å². The van der Waals surface area contributed by atoms with E-state index in [9.17, 15) is 5.11 Å². The molecular formula is C14H22ClNO2S. The third-order valence-electron chi connectivity index (χ3n) is 2.71. The summed E-state index contributed by atoms with van der Waals surface area (Å²) < 4.78 is 5.48. The molecular weight excluding hydrogens is 282 g/mol. The van der Waals surface area contributed by atoms with Gasteiger partial charge in [0.15, 0.2) is 0 Å². The second-order valence-corrected chi connectivity index (χ2v) is 5.93. The summed E-state index contributed by atoms with van der Waals surface area (Å²) in [6.45, 7) is 2.95. The van der Waals surface area contributed by atoms with E-state index >= 15 is 0 Å². The van der Waals surface area contributed by atoms with Gasteiger partial charge in [-0.3, -0.25) is 0 Å². The van der Waals surface area contributed by atoms with E-state index in [2.05, 4.69) is 18.5 Å². The molecule has 1 aromatic carbocycles. The SMILES string of the molecule is CSCCC(C)NCC(O)COc1ccc(Cl)cc1. The summed E-state index contributed by atoms with van der Waals surface area (Å²) in [6, 6.07) is 7.54. The molecule has 0 fully saturated rings. The lowest BCUT2D eigenvalue weighted by Crippen LogP contribution is -2.36. The smallest absolute Gasteiger partial charge is 0.119 e. The molecule has 0 amide bonds. The highest BCUT2D eigenvalue weighted by molar-refractivity contribution is 7.98. The summed E-state index contributed by atoms with van der Waals surface area (Å²) >= 11 is 7.62. The van der Waals surface area contributed by atoms with Gasteiger partial charge in [-0.1, -0.05) is 11.6 Å². The Morgan fingerprint density at radius 1 is 1.37 bits per heavy atom. The molecule has 0 spiro atoms. The molecule has 19 heavy (non-hydrogen) atoms. The third kappa shape index (κ3) is 7.67. The summed E-state index contributed by atoms with van der Waals surface area (Å²) in [7, 11) is 0. The van der Waals surface area contributed by atoms with Crippen LogP contribution in [0.15, 0.2) is 24.3 Å². The quantitative estimate of drug-likeness (QED) is 0.736. The van der Waals surface area contributed by atoms with Crippen molar-refractivity contribution >= 4 is 23.4 Å². The standard InChI is InChI=1S/C14H22ClNO2S/c1-11(7-8-19-2)16-9-13(17)10-18-14-5-3-12(15)4-6-14/h3-6,11,13,16-17H,7-10H2,1-2H3. The number of aliphatic hydroxyl groups is 1. The summed E-state index contributed by atoms with van der Waals surface area (Å²) in [5.41, 5.74) is 0. The zero-order valence-corrected chi connectivity index (χ0v) is 13.0. The number of hydrogen-bond donors (Lipinski definition) is 2. The van der Waals surface area contributed by atoms with Gasteiger partial charge in [0.25, 0.3) is 0 Å². The molecule has 2 atom stereocenters. The van der Waals surface area contributed by atoms with Crippen molar-refractivity contribution in [3.8, 4) is 5.75 Å². The van der Waals surface area contributed by atoms with E-state index < -0.39 is 6.10 Å². The van der Waals surface area contributed by atoms with Crippen LogP contribution in [-0.4, -0.2) is 42.4 Å². The Bertz CT molecular complexity index is 348. The van der Waals surface area contributed by atoms with E-state index in [0.29, 0.717) is 17.6 Å². The number of aliphatic hydroxyl groups excluding tert-OH is 1. The maximum atomic E-state index is 9.82. The van der Waals surface area contributed by atoms with Gasteiger partial charge in [0.1, 0.15) is 18.5 Å². The molecule has 0 aliphatic carbocycles. The van der Waals surface area contributed by atoms with Crippen molar-refractivity contribution in [3.63, 3.8) is 0 Å². The number of ether oxygens (including phenoxy) is 1. The number of benzene rings is 1. The lowest BCUT2D eigenvalue weighted by molar-refractivity contribution is 0.104. The maximum Gasteiger partial charge on any atom is 0.119 e. The Hall–Kier alpha value is -0.420. The van der Waals surface area contributed by atoms with Gasteiger partial charge >= 0.3 is 0 Å². The van der Waals surface area contributed by atoms with E-state index in [1.54, 1.807) is 24.3 Å². The average Bonchev–Trinajstić information content (AvgIpc) is 2.42. The molecule has 0 heterocycles. The molecule has 3 nitrogen and oxygen atoms in total. The molecule has 2 N–H and O–H groups in total. The molecule has 2 unspecified atom stereocenters. The van der Waals surface area contributed by atoms with Gasteiger partial charge < -0.3 is 15.2 Å². The fourth-order valence-electron chi connectivity index (χ4n) is 1.52. The van der Waals surface area contributed by atoms with Crippen LogP contribution in [0, 0.1) is 0 Å². The van der Waals surface area contributed by atoms with Gasteiger partial charge in [-0.15, -0.1) is 0 Å². The van der Waals surface area contributed by atoms with Crippen LogP contribution in [0.5, 0.6) is 5.75 Å². The van der Waals surface area contributed by atoms with Gasteiger partial charge in [-0.2, -0.15) is 11.8 Å². The Kier molecular flexibility index (Phi) is 8.30. The van der Waals surface area contributed by atoms with E-state index in [-0.39, 0.29) is 6.61 Å². The molecule has 108 valence electrons. The van der Waals surface area contributed by atoms with Crippen LogP contribution < -0.4 is 10.1 Å². The van der Waals surface area contributed by atoms with Crippen molar-refractivity contribution in [3.05, 3.63) is 29.3 Å². The summed E-state index contributed by atoms with van der Waals surface area (Å²) in [5.74, 6) is 1.85. The molecule has 0 bridgehead atoms. The minimum absolute atomic E-state index is 0.282. The predicted octanol–water partition coefficient (Wildman–Crippen LogP) is 2.81. The molecule has 0 aliphatic heterocycles. The third-order valence-corrected chi connectivity index (χ3v) is 3.61. The summed E-state index contributed by atoms with van der Waals surface area (Å²) in [6.07, 6.45) is 2.69. The largest absolute Gasteiger partial charge is 0.491 e. The Morgan fingerprint density at radius 2 is 2.05 bits per heavy atom. The first kappa shape index (κ1) is 16.6. The number of rotatable bonds is 9. The van der Waals surface area contributed by atoms with Gasteiger partial charge in [0.05, 0.1) is 0 Å². The van der Waals surface area contributed by atoms with Gasteiger partial charge in [0.2, 0.25) is 0 Å². The van der Waals surface area contributed by atoms with Crippen LogP contribution in [0.4, 0.5) is 0 Å². The van der Waals surface area contributed by atoms with Crippen LogP contribution in [0.2, 0.25) is 5.02 Å². The van der Waals surface area contributed by atoms with Crippen LogP contribution in [0.1, 0.15) is 13.3 Å². The Labute approximate surface area is 124 Å². The lowest BCUT2D eigenvalue weighted by atomic mass is 10.2. The van der Waals surface area contributed by atoms with Gasteiger partial charge in [-0.05, 0) is 49.6 Å². The first-order valence-electron chi connectivity index (χ1n) is 6.40. The minimum Gasteiger partial charge on any atom is -0.491 e. The van der Waals surface area contributed by atoms with E-state index in [1.165, 1.54) is 0 Å². The van der Waals surface area contributed by atoms with Crippen molar-refractivity contribution in [2.45, 2.75) is 25.5 Å². The predicted molar refractivity (Wildman–Crippen MR) is 83.4 cm³/mol. The highest BCUT2D eigenvalue weighted by Gasteiger charge is 2.07. The van der Waals surface area contributed by atoms with Crippen molar-refractivity contribution < 1.29 is 9.84 Å². The fraction of sp³-hybridized carbons (Fsp3) is 0.571. The topological polar surface area (TPSA) is 41.5 Å². The highest BCUT2D eigenvalue weighted by atomic mass is 35.5.